The number of amides is 2. The van der Waals surface area contributed by atoms with Gasteiger partial charge in [-0.05, 0) is 62.6 Å². The number of hydrogen-bond donors (Lipinski definition) is 1. The SMILES string of the molecule is Cc1cccc(N2CCN(CCCNC(=O)[C@H]3CCCN(C(=O)CCOc4ccccc4)C3)CC2)c1. The van der Waals surface area contributed by atoms with Crippen LogP contribution in [0, 0.1) is 12.8 Å². The van der Waals surface area contributed by atoms with E-state index in [1.165, 1.54) is 11.3 Å². The molecular formula is C29H40N4O3. The van der Waals surface area contributed by atoms with Crippen LogP contribution in [0.15, 0.2) is 54.6 Å². The summed E-state index contributed by atoms with van der Waals surface area (Å²) in [4.78, 5) is 32.1. The predicted octanol–water partition coefficient (Wildman–Crippen LogP) is 3.33. The van der Waals surface area contributed by atoms with Crippen molar-refractivity contribution in [2.45, 2.75) is 32.6 Å². The van der Waals surface area contributed by atoms with Gasteiger partial charge >= 0.3 is 0 Å². The number of aryl methyl sites for hydroxylation is 1. The first-order valence-electron chi connectivity index (χ1n) is 13.4. The minimum absolute atomic E-state index is 0.0632. The average Bonchev–Trinajstić information content (AvgIpc) is 2.92. The Bertz CT molecular complexity index is 975. The van der Waals surface area contributed by atoms with Crippen LogP contribution in [0.25, 0.3) is 0 Å². The number of piperidine rings is 1. The fraction of sp³-hybridized carbons (Fsp3) is 0.517. The van der Waals surface area contributed by atoms with Crippen molar-refractivity contribution in [3.05, 3.63) is 60.2 Å². The van der Waals surface area contributed by atoms with Gasteiger partial charge in [0.2, 0.25) is 11.8 Å². The molecule has 1 atom stereocenters. The highest BCUT2D eigenvalue weighted by molar-refractivity contribution is 5.81. The van der Waals surface area contributed by atoms with Gasteiger partial charge in [-0.3, -0.25) is 14.5 Å². The van der Waals surface area contributed by atoms with Crippen molar-refractivity contribution in [3.8, 4) is 5.75 Å². The Labute approximate surface area is 215 Å². The highest BCUT2D eigenvalue weighted by Crippen LogP contribution is 2.19. The summed E-state index contributed by atoms with van der Waals surface area (Å²) in [6.45, 7) is 9.60. The van der Waals surface area contributed by atoms with Gasteiger partial charge in [-0.25, -0.2) is 0 Å². The van der Waals surface area contributed by atoms with Gasteiger partial charge < -0.3 is 19.9 Å². The molecule has 7 nitrogen and oxygen atoms in total. The van der Waals surface area contributed by atoms with E-state index in [-0.39, 0.29) is 17.7 Å². The number of ether oxygens (including phenoxy) is 1. The zero-order valence-electron chi connectivity index (χ0n) is 21.5. The molecule has 0 bridgehead atoms. The number of hydrogen-bond acceptors (Lipinski definition) is 5. The van der Waals surface area contributed by atoms with Crippen molar-refractivity contribution < 1.29 is 14.3 Å². The fourth-order valence-electron chi connectivity index (χ4n) is 5.06. The van der Waals surface area contributed by atoms with Crippen LogP contribution < -0.4 is 15.0 Å². The number of nitrogens with one attached hydrogen (secondary N) is 1. The highest BCUT2D eigenvalue weighted by atomic mass is 16.5. The summed E-state index contributed by atoms with van der Waals surface area (Å²) in [5.41, 5.74) is 2.61. The smallest absolute Gasteiger partial charge is 0.226 e. The molecule has 194 valence electrons. The van der Waals surface area contributed by atoms with Gasteiger partial charge in [0, 0.05) is 51.5 Å². The Morgan fingerprint density at radius 1 is 1.00 bits per heavy atom. The van der Waals surface area contributed by atoms with Crippen LogP contribution in [0.4, 0.5) is 5.69 Å². The van der Waals surface area contributed by atoms with Crippen LogP contribution in [0.2, 0.25) is 0 Å². The molecule has 0 radical (unpaired) electrons. The van der Waals surface area contributed by atoms with E-state index < -0.39 is 0 Å². The number of carbonyl (C=O) groups is 2. The standard InChI is InChI=1S/C29H40N4O3/c1-24-8-5-10-26(22-24)32-19-17-31(18-20-32)15-7-14-30-29(35)25-9-6-16-33(23-25)28(34)13-21-36-27-11-3-2-4-12-27/h2-5,8,10-12,22,25H,6-7,9,13-21,23H2,1H3,(H,30,35)/t25-/m0/s1. The summed E-state index contributed by atoms with van der Waals surface area (Å²) in [6, 6.07) is 18.2. The summed E-state index contributed by atoms with van der Waals surface area (Å²) in [7, 11) is 0. The van der Waals surface area contributed by atoms with E-state index in [1.54, 1.807) is 0 Å². The first-order valence-corrected chi connectivity index (χ1v) is 13.4. The lowest BCUT2D eigenvalue weighted by Crippen LogP contribution is -2.47. The molecule has 2 saturated heterocycles. The van der Waals surface area contributed by atoms with Gasteiger partial charge in [-0.15, -0.1) is 0 Å². The molecule has 2 fully saturated rings. The van der Waals surface area contributed by atoms with Crippen LogP contribution in [0.3, 0.4) is 0 Å². The second-order valence-corrected chi connectivity index (χ2v) is 9.90. The van der Waals surface area contributed by atoms with E-state index in [9.17, 15) is 9.59 Å². The number of nitrogens with zero attached hydrogens (tertiary/aromatic N) is 3. The molecule has 0 spiro atoms. The molecule has 2 amide bonds. The molecule has 2 aliphatic rings. The van der Waals surface area contributed by atoms with Gasteiger partial charge in [-0.1, -0.05) is 30.3 Å². The van der Waals surface area contributed by atoms with Gasteiger partial charge in [0.15, 0.2) is 0 Å². The van der Waals surface area contributed by atoms with Crippen molar-refractivity contribution in [1.82, 2.24) is 15.1 Å². The molecule has 2 heterocycles. The van der Waals surface area contributed by atoms with Crippen LogP contribution in [-0.4, -0.2) is 80.6 Å². The maximum atomic E-state index is 12.7. The molecule has 4 rings (SSSR count). The second-order valence-electron chi connectivity index (χ2n) is 9.90. The Kier molecular flexibility index (Phi) is 9.61. The zero-order valence-corrected chi connectivity index (χ0v) is 21.5. The van der Waals surface area contributed by atoms with Gasteiger partial charge in [-0.2, -0.15) is 0 Å². The summed E-state index contributed by atoms with van der Waals surface area (Å²) >= 11 is 0. The Hall–Kier alpha value is -3.06. The first-order chi connectivity index (χ1) is 17.6. The summed E-state index contributed by atoms with van der Waals surface area (Å²) in [5, 5.41) is 3.12. The molecular weight excluding hydrogens is 452 g/mol. The lowest BCUT2D eigenvalue weighted by atomic mass is 9.97. The van der Waals surface area contributed by atoms with Crippen LogP contribution in [0.1, 0.15) is 31.2 Å². The second kappa shape index (κ2) is 13.3. The Balaban J connectivity index is 1.09. The normalized spacial score (nSPS) is 18.6. The lowest BCUT2D eigenvalue weighted by Gasteiger charge is -2.36. The molecule has 2 aromatic carbocycles. The quantitative estimate of drug-likeness (QED) is 0.516. The van der Waals surface area contributed by atoms with E-state index in [0.29, 0.717) is 26.1 Å². The third-order valence-electron chi connectivity index (χ3n) is 7.16. The monoisotopic (exact) mass is 492 g/mol. The van der Waals surface area contributed by atoms with E-state index in [4.69, 9.17) is 4.74 Å². The van der Waals surface area contributed by atoms with Crippen LogP contribution >= 0.6 is 0 Å². The highest BCUT2D eigenvalue weighted by Gasteiger charge is 2.28. The van der Waals surface area contributed by atoms with Crippen molar-refractivity contribution >= 4 is 17.5 Å². The number of piperazine rings is 1. The topological polar surface area (TPSA) is 65.1 Å². The Morgan fingerprint density at radius 2 is 1.81 bits per heavy atom. The van der Waals surface area contributed by atoms with Crippen molar-refractivity contribution in [3.63, 3.8) is 0 Å². The molecule has 0 aromatic heterocycles. The average molecular weight is 493 g/mol. The molecule has 0 aliphatic carbocycles. The number of rotatable bonds is 10. The predicted molar refractivity (Wildman–Crippen MR) is 143 cm³/mol. The largest absolute Gasteiger partial charge is 0.493 e. The maximum Gasteiger partial charge on any atom is 0.226 e. The van der Waals surface area contributed by atoms with Crippen LogP contribution in [-0.2, 0) is 9.59 Å². The summed E-state index contributed by atoms with van der Waals surface area (Å²) in [6.07, 6.45) is 2.99. The lowest BCUT2D eigenvalue weighted by molar-refractivity contribution is -0.136. The molecule has 2 aromatic rings. The summed E-state index contributed by atoms with van der Waals surface area (Å²) in [5.74, 6) is 0.801. The maximum absolute atomic E-state index is 12.7. The molecule has 0 unspecified atom stereocenters. The van der Waals surface area contributed by atoms with Gasteiger partial charge in [0.1, 0.15) is 5.75 Å². The van der Waals surface area contributed by atoms with E-state index in [1.807, 2.05) is 35.2 Å². The van der Waals surface area contributed by atoms with Crippen molar-refractivity contribution in [1.29, 1.82) is 0 Å². The zero-order chi connectivity index (χ0) is 25.2. The van der Waals surface area contributed by atoms with Crippen LogP contribution in [0.5, 0.6) is 5.75 Å². The van der Waals surface area contributed by atoms with E-state index in [2.05, 4.69) is 46.3 Å². The number of carbonyl (C=O) groups excluding carboxylic acids is 2. The van der Waals surface area contributed by atoms with Crippen molar-refractivity contribution in [2.75, 3.05) is 63.9 Å². The Morgan fingerprint density at radius 3 is 2.58 bits per heavy atom. The molecule has 0 saturated carbocycles. The third-order valence-corrected chi connectivity index (χ3v) is 7.16. The molecule has 36 heavy (non-hydrogen) atoms. The molecule has 7 heteroatoms. The number of anilines is 1. The molecule has 2 aliphatic heterocycles. The number of para-hydroxylation sites is 1. The number of likely N-dealkylation sites (tertiary alicyclic amines) is 1. The minimum Gasteiger partial charge on any atom is -0.493 e. The fourth-order valence-corrected chi connectivity index (χ4v) is 5.06. The first kappa shape index (κ1) is 26.0. The minimum atomic E-state index is -0.115. The van der Waals surface area contributed by atoms with Gasteiger partial charge in [0.05, 0.1) is 18.9 Å². The van der Waals surface area contributed by atoms with Gasteiger partial charge in [0.25, 0.3) is 0 Å². The molecule has 1 N–H and O–H groups in total. The number of benzene rings is 2. The summed E-state index contributed by atoms with van der Waals surface area (Å²) < 4.78 is 5.66. The third kappa shape index (κ3) is 7.72. The van der Waals surface area contributed by atoms with Crippen molar-refractivity contribution in [2.24, 2.45) is 5.92 Å². The van der Waals surface area contributed by atoms with E-state index in [0.717, 1.165) is 64.3 Å². The van der Waals surface area contributed by atoms with E-state index >= 15 is 0 Å².